The van der Waals surface area contributed by atoms with Gasteiger partial charge in [-0.1, -0.05) is 30.1 Å². The predicted molar refractivity (Wildman–Crippen MR) is 78.8 cm³/mol. The molecule has 0 spiro atoms. The highest BCUT2D eigenvalue weighted by Gasteiger charge is 2.23. The lowest BCUT2D eigenvalue weighted by atomic mass is 10.2. The lowest BCUT2D eigenvalue weighted by Gasteiger charge is -2.08. The highest BCUT2D eigenvalue weighted by molar-refractivity contribution is 8.13. The van der Waals surface area contributed by atoms with E-state index in [0.29, 0.717) is 34.4 Å². The third-order valence-corrected chi connectivity index (χ3v) is 4.09. The summed E-state index contributed by atoms with van der Waals surface area (Å²) in [6, 6.07) is 4.84. The summed E-state index contributed by atoms with van der Waals surface area (Å²) in [4.78, 5) is 0. The van der Waals surface area contributed by atoms with E-state index in [1.807, 2.05) is 6.92 Å². The number of benzene rings is 1. The normalized spacial score (nSPS) is 11.8. The van der Waals surface area contributed by atoms with Gasteiger partial charge in [-0.2, -0.15) is 0 Å². The van der Waals surface area contributed by atoms with Crippen molar-refractivity contribution in [2.75, 3.05) is 0 Å². The monoisotopic (exact) mass is 353 g/mol. The van der Waals surface area contributed by atoms with Crippen LogP contribution in [0.25, 0.3) is 11.4 Å². The molecule has 0 aliphatic heterocycles. The summed E-state index contributed by atoms with van der Waals surface area (Å²) in [5.74, 6) is 0.357. The maximum absolute atomic E-state index is 11.5. The topological polar surface area (TPSA) is 64.8 Å². The van der Waals surface area contributed by atoms with Gasteiger partial charge in [0.15, 0.2) is 5.82 Å². The van der Waals surface area contributed by atoms with Crippen LogP contribution in [0.15, 0.2) is 23.4 Å². The van der Waals surface area contributed by atoms with Gasteiger partial charge in [0.25, 0.3) is 14.2 Å². The smallest absolute Gasteiger partial charge is 0.296 e. The second-order valence-electron chi connectivity index (χ2n) is 4.05. The number of hydrogen-bond donors (Lipinski definition) is 0. The molecule has 1 aromatic carbocycles. The van der Waals surface area contributed by atoms with Crippen molar-refractivity contribution in [3.63, 3.8) is 0 Å². The number of aromatic nitrogens is 3. The Bertz CT molecular complexity index is 723. The van der Waals surface area contributed by atoms with Crippen molar-refractivity contribution in [3.05, 3.63) is 28.2 Å². The summed E-state index contributed by atoms with van der Waals surface area (Å²) in [6.45, 7) is 2.31. The molecule has 0 bridgehead atoms. The average molecular weight is 355 g/mol. The van der Waals surface area contributed by atoms with Crippen molar-refractivity contribution in [2.45, 2.75) is 25.0 Å². The van der Waals surface area contributed by atoms with Crippen LogP contribution in [0.5, 0.6) is 0 Å². The van der Waals surface area contributed by atoms with E-state index in [4.69, 9.17) is 33.9 Å². The molecule has 5 nitrogen and oxygen atoms in total. The summed E-state index contributed by atoms with van der Waals surface area (Å²) >= 11 is 11.9. The van der Waals surface area contributed by atoms with Crippen LogP contribution in [-0.4, -0.2) is 23.2 Å². The Morgan fingerprint density at radius 3 is 2.25 bits per heavy atom. The van der Waals surface area contributed by atoms with Gasteiger partial charge in [0.2, 0.25) is 0 Å². The molecule has 0 aliphatic carbocycles. The lowest BCUT2D eigenvalue weighted by molar-refractivity contribution is 0.570. The Hall–Kier alpha value is -0.820. The van der Waals surface area contributed by atoms with Crippen LogP contribution < -0.4 is 0 Å². The Labute approximate surface area is 130 Å². The van der Waals surface area contributed by atoms with E-state index in [2.05, 4.69) is 10.2 Å². The SMILES string of the molecule is CCCn1c(-c2cc(Cl)cc(Cl)c2)nnc1S(=O)(=O)Cl. The maximum atomic E-state index is 11.5. The van der Waals surface area contributed by atoms with E-state index in [9.17, 15) is 8.42 Å². The Balaban J connectivity index is 2.65. The standard InChI is InChI=1S/C11H10Cl3N3O2S/c1-2-3-17-10(15-16-11(17)20(14,18)19)7-4-8(12)6-9(13)5-7/h4-6H,2-3H2,1H3. The molecule has 2 rings (SSSR count). The third-order valence-electron chi connectivity index (χ3n) is 2.50. The lowest BCUT2D eigenvalue weighted by Crippen LogP contribution is -2.07. The first-order chi connectivity index (χ1) is 9.32. The fourth-order valence-electron chi connectivity index (χ4n) is 1.79. The number of halogens is 3. The quantitative estimate of drug-likeness (QED) is 0.787. The number of hydrogen-bond acceptors (Lipinski definition) is 4. The maximum Gasteiger partial charge on any atom is 0.296 e. The molecule has 0 atom stereocenters. The average Bonchev–Trinajstić information content (AvgIpc) is 2.71. The number of nitrogens with zero attached hydrogens (tertiary/aromatic N) is 3. The second kappa shape index (κ2) is 5.89. The van der Waals surface area contributed by atoms with Gasteiger partial charge >= 0.3 is 0 Å². The van der Waals surface area contributed by atoms with Crippen molar-refractivity contribution >= 4 is 42.9 Å². The van der Waals surface area contributed by atoms with E-state index < -0.39 is 9.05 Å². The summed E-state index contributed by atoms with van der Waals surface area (Å²) in [5.41, 5.74) is 0.579. The van der Waals surface area contributed by atoms with Gasteiger partial charge in [-0.25, -0.2) is 8.42 Å². The molecule has 0 saturated heterocycles. The van der Waals surface area contributed by atoms with Crippen LogP contribution in [-0.2, 0) is 15.6 Å². The first kappa shape index (κ1) is 15.6. The van der Waals surface area contributed by atoms with Crippen molar-refractivity contribution < 1.29 is 8.42 Å². The summed E-state index contributed by atoms with van der Waals surface area (Å²) in [5, 5.41) is 8.10. The van der Waals surface area contributed by atoms with Gasteiger partial charge < -0.3 is 0 Å². The van der Waals surface area contributed by atoms with Gasteiger partial charge in [0, 0.05) is 32.8 Å². The zero-order valence-corrected chi connectivity index (χ0v) is 13.4. The first-order valence-corrected chi connectivity index (χ1v) is 8.73. The number of rotatable bonds is 4. The molecule has 0 aliphatic rings. The highest BCUT2D eigenvalue weighted by Crippen LogP contribution is 2.28. The van der Waals surface area contributed by atoms with Crippen LogP contribution in [0.3, 0.4) is 0 Å². The predicted octanol–water partition coefficient (Wildman–Crippen LogP) is 3.59. The minimum absolute atomic E-state index is 0.285. The Morgan fingerprint density at radius 2 is 1.75 bits per heavy atom. The van der Waals surface area contributed by atoms with Crippen molar-refractivity contribution in [1.29, 1.82) is 0 Å². The Kier molecular flexibility index (Phi) is 4.59. The summed E-state index contributed by atoms with van der Waals surface area (Å²) in [7, 11) is 1.39. The molecule has 20 heavy (non-hydrogen) atoms. The molecule has 2 aromatic rings. The second-order valence-corrected chi connectivity index (χ2v) is 7.39. The van der Waals surface area contributed by atoms with Crippen molar-refractivity contribution in [2.24, 2.45) is 0 Å². The van der Waals surface area contributed by atoms with Crippen molar-refractivity contribution in [1.82, 2.24) is 14.8 Å². The molecule has 0 radical (unpaired) electrons. The van der Waals surface area contributed by atoms with Crippen LogP contribution in [0, 0.1) is 0 Å². The molecule has 1 heterocycles. The molecule has 108 valence electrons. The Morgan fingerprint density at radius 1 is 1.15 bits per heavy atom. The molecule has 1 aromatic heterocycles. The third kappa shape index (κ3) is 3.25. The van der Waals surface area contributed by atoms with Gasteiger partial charge in [0.1, 0.15) is 0 Å². The van der Waals surface area contributed by atoms with Gasteiger partial charge in [-0.3, -0.25) is 4.57 Å². The largest absolute Gasteiger partial charge is 0.297 e. The minimum Gasteiger partial charge on any atom is -0.297 e. The fourth-order valence-corrected chi connectivity index (χ4v) is 3.24. The zero-order chi connectivity index (χ0) is 14.9. The van der Waals surface area contributed by atoms with Gasteiger partial charge in [0.05, 0.1) is 0 Å². The first-order valence-electron chi connectivity index (χ1n) is 5.67. The molecule has 9 heteroatoms. The van der Waals surface area contributed by atoms with Gasteiger partial charge in [-0.05, 0) is 24.6 Å². The molecule has 0 N–H and O–H groups in total. The van der Waals surface area contributed by atoms with Crippen LogP contribution >= 0.6 is 33.9 Å². The van der Waals surface area contributed by atoms with E-state index >= 15 is 0 Å². The van der Waals surface area contributed by atoms with Gasteiger partial charge in [-0.15, -0.1) is 10.2 Å². The molecule has 0 unspecified atom stereocenters. The van der Waals surface area contributed by atoms with E-state index in [1.165, 1.54) is 4.57 Å². The summed E-state index contributed by atoms with van der Waals surface area (Å²) < 4.78 is 24.4. The van der Waals surface area contributed by atoms with E-state index in [0.717, 1.165) is 0 Å². The highest BCUT2D eigenvalue weighted by atomic mass is 35.7. The van der Waals surface area contributed by atoms with Crippen molar-refractivity contribution in [3.8, 4) is 11.4 Å². The molecule has 0 fully saturated rings. The molecular formula is C11H10Cl3N3O2S. The van der Waals surface area contributed by atoms with E-state index in [-0.39, 0.29) is 5.16 Å². The van der Waals surface area contributed by atoms with Crippen LogP contribution in [0.2, 0.25) is 10.0 Å². The molecule has 0 saturated carbocycles. The summed E-state index contributed by atoms with van der Waals surface area (Å²) in [6.07, 6.45) is 0.693. The molecular weight excluding hydrogens is 345 g/mol. The fraction of sp³-hybridized carbons (Fsp3) is 0.273. The minimum atomic E-state index is -3.97. The molecule has 0 amide bonds. The van der Waals surface area contributed by atoms with Crippen LogP contribution in [0.1, 0.15) is 13.3 Å². The van der Waals surface area contributed by atoms with E-state index in [1.54, 1.807) is 18.2 Å². The zero-order valence-electron chi connectivity index (χ0n) is 10.3. The van der Waals surface area contributed by atoms with Crippen LogP contribution in [0.4, 0.5) is 0 Å².